The van der Waals surface area contributed by atoms with Gasteiger partial charge in [-0.2, -0.15) is 0 Å². The van der Waals surface area contributed by atoms with Crippen molar-refractivity contribution in [2.45, 2.75) is 0 Å². The summed E-state index contributed by atoms with van der Waals surface area (Å²) in [5.41, 5.74) is 13.3. The lowest BCUT2D eigenvalue weighted by molar-refractivity contribution is -0.116. The van der Waals surface area contributed by atoms with Gasteiger partial charge in [0.25, 0.3) is 5.91 Å². The van der Waals surface area contributed by atoms with E-state index in [1.165, 1.54) is 10.8 Å². The summed E-state index contributed by atoms with van der Waals surface area (Å²) < 4.78 is 1.67. The Morgan fingerprint density at radius 3 is 2.60 bits per heavy atom. The molecule has 3 aromatic carbocycles. The number of aromatic nitrogens is 2. The van der Waals surface area contributed by atoms with Crippen molar-refractivity contribution in [3.05, 3.63) is 72.9 Å². The molecule has 0 aliphatic carbocycles. The highest BCUT2D eigenvalue weighted by molar-refractivity contribution is 6.08. The van der Waals surface area contributed by atoms with E-state index in [2.05, 4.69) is 58.2 Å². The summed E-state index contributed by atoms with van der Waals surface area (Å²) in [6.07, 6.45) is 1.81. The largest absolute Gasteiger partial charge is 0.370 e. The van der Waals surface area contributed by atoms with Gasteiger partial charge in [-0.1, -0.05) is 36.4 Å². The van der Waals surface area contributed by atoms with E-state index in [1.54, 1.807) is 10.9 Å². The van der Waals surface area contributed by atoms with Crippen LogP contribution in [0.5, 0.6) is 0 Å². The number of aromatic amines is 1. The summed E-state index contributed by atoms with van der Waals surface area (Å²) in [6, 6.07) is 22.9. The van der Waals surface area contributed by atoms with E-state index in [9.17, 15) is 4.79 Å². The number of H-pyrrole nitrogens is 1. The molecule has 0 saturated carbocycles. The van der Waals surface area contributed by atoms with Crippen molar-refractivity contribution in [2.24, 2.45) is 5.73 Å². The molecule has 0 atom stereocenters. The van der Waals surface area contributed by atoms with E-state index in [1.807, 2.05) is 24.3 Å². The molecule has 5 aromatic rings. The molecular formula is C23H20N6O. The van der Waals surface area contributed by atoms with Crippen LogP contribution in [-0.2, 0) is 4.79 Å². The predicted octanol–water partition coefficient (Wildman–Crippen LogP) is 3.50. The molecule has 2 heterocycles. The van der Waals surface area contributed by atoms with Crippen LogP contribution in [0, 0.1) is 5.41 Å². The van der Waals surface area contributed by atoms with Crippen LogP contribution in [0.25, 0.3) is 43.8 Å². The summed E-state index contributed by atoms with van der Waals surface area (Å²) in [6.45, 7) is -0.0579. The Kier molecular flexibility index (Phi) is 4.14. The van der Waals surface area contributed by atoms with Crippen molar-refractivity contribution in [1.29, 1.82) is 5.41 Å². The zero-order valence-electron chi connectivity index (χ0n) is 16.1. The van der Waals surface area contributed by atoms with Crippen molar-refractivity contribution >= 4 is 44.6 Å². The Hall–Kier alpha value is -4.26. The number of fused-ring (bicyclic) bond motifs is 4. The maximum atomic E-state index is 12.0. The molecule has 0 aliphatic rings. The zero-order valence-corrected chi connectivity index (χ0v) is 16.1. The Bertz CT molecular complexity index is 1430. The summed E-state index contributed by atoms with van der Waals surface area (Å²) in [7, 11) is 0. The number of hydrogen-bond acceptors (Lipinski definition) is 2. The molecule has 148 valence electrons. The van der Waals surface area contributed by atoms with Crippen LogP contribution in [0.2, 0.25) is 0 Å². The highest BCUT2D eigenvalue weighted by Gasteiger charge is 2.09. The number of guanidine groups is 1. The monoisotopic (exact) mass is 396 g/mol. The molecule has 5 rings (SSSR count). The highest BCUT2D eigenvalue weighted by Crippen LogP contribution is 2.31. The molecule has 0 bridgehead atoms. The normalized spacial score (nSPS) is 11.2. The first-order chi connectivity index (χ1) is 14.6. The van der Waals surface area contributed by atoms with E-state index in [-0.39, 0.29) is 18.4 Å². The predicted molar refractivity (Wildman–Crippen MR) is 121 cm³/mol. The lowest BCUT2D eigenvalue weighted by atomic mass is 10.0. The fourth-order valence-corrected chi connectivity index (χ4v) is 3.80. The van der Waals surface area contributed by atoms with E-state index < -0.39 is 0 Å². The standard InChI is InChI=1S/C23H20N6O/c24-23(25)26-13-22(30)28-29-10-9-16-11-14(6-8-21(16)29)15-5-7-18-17-3-1-2-4-19(17)27-20(18)12-15/h1-12,27H,13H2,(H,28,30)(H4,24,25,26). The average Bonchev–Trinajstić information content (AvgIpc) is 3.32. The second kappa shape index (κ2) is 6.97. The van der Waals surface area contributed by atoms with Gasteiger partial charge in [-0.25, -0.2) is 0 Å². The Morgan fingerprint density at radius 1 is 0.967 bits per heavy atom. The minimum Gasteiger partial charge on any atom is -0.370 e. The van der Waals surface area contributed by atoms with Crippen LogP contribution < -0.4 is 16.5 Å². The topological polar surface area (TPSA) is 112 Å². The summed E-state index contributed by atoms with van der Waals surface area (Å²) in [5, 5.41) is 13.1. The summed E-state index contributed by atoms with van der Waals surface area (Å²) >= 11 is 0. The lowest BCUT2D eigenvalue weighted by Crippen LogP contribution is -2.38. The van der Waals surface area contributed by atoms with Crippen LogP contribution in [0.4, 0.5) is 0 Å². The van der Waals surface area contributed by atoms with Crippen LogP contribution in [0.3, 0.4) is 0 Å². The van der Waals surface area contributed by atoms with Gasteiger partial charge in [-0.05, 0) is 41.5 Å². The molecule has 2 aromatic heterocycles. The number of carbonyl (C=O) groups excluding carboxylic acids is 1. The number of para-hydroxylation sites is 1. The summed E-state index contributed by atoms with van der Waals surface area (Å²) in [4.78, 5) is 15.5. The molecule has 0 spiro atoms. The molecule has 1 amide bonds. The van der Waals surface area contributed by atoms with Gasteiger partial charge in [0.05, 0.1) is 12.1 Å². The third-order valence-electron chi connectivity index (χ3n) is 5.21. The quantitative estimate of drug-likeness (QED) is 0.237. The lowest BCUT2D eigenvalue weighted by Gasteiger charge is -2.09. The molecule has 0 unspecified atom stereocenters. The fourth-order valence-electron chi connectivity index (χ4n) is 3.80. The van der Waals surface area contributed by atoms with Gasteiger partial charge in [0.1, 0.15) is 0 Å². The van der Waals surface area contributed by atoms with Gasteiger partial charge in [-0.15, -0.1) is 0 Å². The maximum Gasteiger partial charge on any atom is 0.258 e. The number of carbonyl (C=O) groups is 1. The maximum absolute atomic E-state index is 12.0. The van der Waals surface area contributed by atoms with Gasteiger partial charge < -0.3 is 16.0 Å². The number of nitrogens with one attached hydrogen (secondary N) is 4. The molecule has 0 saturated heterocycles. The average molecular weight is 396 g/mol. The Morgan fingerprint density at radius 2 is 1.73 bits per heavy atom. The fraction of sp³-hybridized carbons (Fsp3) is 0.0435. The molecule has 0 fully saturated rings. The Balaban J connectivity index is 1.46. The van der Waals surface area contributed by atoms with Crippen LogP contribution in [-0.4, -0.2) is 28.1 Å². The number of nitrogens with zero attached hydrogens (tertiary/aromatic N) is 1. The van der Waals surface area contributed by atoms with Crippen molar-refractivity contribution in [3.8, 4) is 11.1 Å². The first-order valence-electron chi connectivity index (χ1n) is 9.58. The van der Waals surface area contributed by atoms with E-state index in [4.69, 9.17) is 11.1 Å². The van der Waals surface area contributed by atoms with Crippen LogP contribution in [0.1, 0.15) is 0 Å². The first-order valence-corrected chi connectivity index (χ1v) is 9.58. The van der Waals surface area contributed by atoms with Crippen molar-refractivity contribution in [3.63, 3.8) is 0 Å². The Labute approximate surface area is 172 Å². The second-order valence-electron chi connectivity index (χ2n) is 7.19. The molecule has 0 aliphatic heterocycles. The molecule has 30 heavy (non-hydrogen) atoms. The van der Waals surface area contributed by atoms with Gasteiger partial charge in [-0.3, -0.25) is 20.3 Å². The molecule has 6 N–H and O–H groups in total. The van der Waals surface area contributed by atoms with Crippen molar-refractivity contribution in [2.75, 3.05) is 12.0 Å². The molecule has 7 heteroatoms. The first kappa shape index (κ1) is 17.8. The van der Waals surface area contributed by atoms with Gasteiger partial charge in [0, 0.05) is 33.4 Å². The highest BCUT2D eigenvalue weighted by atomic mass is 16.2. The smallest absolute Gasteiger partial charge is 0.258 e. The zero-order chi connectivity index (χ0) is 20.7. The number of rotatable bonds is 4. The van der Waals surface area contributed by atoms with Crippen molar-refractivity contribution < 1.29 is 4.79 Å². The summed E-state index contributed by atoms with van der Waals surface area (Å²) in [5.74, 6) is -0.518. The third-order valence-corrected chi connectivity index (χ3v) is 5.21. The number of amides is 1. The number of hydrogen-bond donors (Lipinski definition) is 5. The molecular weight excluding hydrogens is 376 g/mol. The van der Waals surface area contributed by atoms with E-state index in [0.29, 0.717) is 0 Å². The third kappa shape index (κ3) is 3.12. The number of nitrogens with two attached hydrogens (primary N) is 1. The van der Waals surface area contributed by atoms with Gasteiger partial charge in [0.2, 0.25) is 0 Å². The van der Waals surface area contributed by atoms with Crippen LogP contribution in [0.15, 0.2) is 72.9 Å². The minimum absolute atomic E-state index is 0.0579. The van der Waals surface area contributed by atoms with Gasteiger partial charge >= 0.3 is 0 Å². The van der Waals surface area contributed by atoms with Crippen LogP contribution >= 0.6 is 0 Å². The van der Waals surface area contributed by atoms with Crippen molar-refractivity contribution in [1.82, 2.24) is 15.0 Å². The molecule has 0 radical (unpaired) electrons. The molecule has 7 nitrogen and oxygen atoms in total. The SMILES string of the molecule is N=C(N)NCC(=O)Nn1ccc2cc(-c3ccc4c(c3)[nH]c3ccccc34)ccc21. The van der Waals surface area contributed by atoms with Gasteiger partial charge in [0.15, 0.2) is 5.96 Å². The van der Waals surface area contributed by atoms with E-state index >= 15 is 0 Å². The number of benzene rings is 3. The van der Waals surface area contributed by atoms with E-state index in [0.717, 1.165) is 33.1 Å². The second-order valence-corrected chi connectivity index (χ2v) is 7.19. The minimum atomic E-state index is -0.281.